The molecule has 1 aliphatic rings. The number of rotatable bonds is 5. The average molecular weight is 332 g/mol. The van der Waals surface area contributed by atoms with E-state index in [1.165, 1.54) is 12.4 Å². The molecule has 0 unspecified atom stereocenters. The second-order valence-electron chi connectivity index (χ2n) is 5.91. The minimum atomic E-state index is -3.67. The highest BCUT2D eigenvalue weighted by molar-refractivity contribution is 7.89. The van der Waals surface area contributed by atoms with Crippen LogP contribution in [0.5, 0.6) is 0 Å². The Hall–Kier alpha value is -1.83. The van der Waals surface area contributed by atoms with Gasteiger partial charge in [-0.3, -0.25) is 0 Å². The summed E-state index contributed by atoms with van der Waals surface area (Å²) in [6.07, 6.45) is 6.21. The van der Waals surface area contributed by atoms with E-state index in [0.29, 0.717) is 12.4 Å². The number of sulfonamides is 1. The molecule has 122 valence electrons. The highest BCUT2D eigenvalue weighted by Gasteiger charge is 2.37. The Bertz CT molecular complexity index is 754. The van der Waals surface area contributed by atoms with Crippen LogP contribution in [0.3, 0.4) is 0 Å². The molecule has 7 heteroatoms. The van der Waals surface area contributed by atoms with Crippen LogP contribution >= 0.6 is 0 Å². The van der Waals surface area contributed by atoms with Crippen LogP contribution in [0.2, 0.25) is 0 Å². The van der Waals surface area contributed by atoms with Crippen LogP contribution in [0.4, 0.5) is 0 Å². The number of hydrogen-bond donors (Lipinski definition) is 2. The summed E-state index contributed by atoms with van der Waals surface area (Å²) >= 11 is 0. The number of hydrogen-bond acceptors (Lipinski definition) is 5. The van der Waals surface area contributed by atoms with Gasteiger partial charge in [-0.2, -0.15) is 0 Å². The second-order valence-corrected chi connectivity index (χ2v) is 7.59. The first kappa shape index (κ1) is 16.0. The summed E-state index contributed by atoms with van der Waals surface area (Å²) in [6.45, 7) is 0.301. The summed E-state index contributed by atoms with van der Waals surface area (Å²) in [7, 11) is -3.67. The van der Waals surface area contributed by atoms with Crippen molar-refractivity contribution >= 4 is 10.0 Å². The lowest BCUT2D eigenvalue weighted by atomic mass is 10.0. The molecule has 3 rings (SSSR count). The lowest BCUT2D eigenvalue weighted by molar-refractivity contribution is 0.399. The number of nitrogens with one attached hydrogen (secondary N) is 1. The zero-order valence-corrected chi connectivity index (χ0v) is 13.6. The minimum Gasteiger partial charge on any atom is -0.329 e. The van der Waals surface area contributed by atoms with E-state index in [4.69, 9.17) is 5.73 Å². The largest absolute Gasteiger partial charge is 0.329 e. The van der Waals surface area contributed by atoms with Gasteiger partial charge in [-0.15, -0.1) is 0 Å². The molecule has 0 saturated heterocycles. The van der Waals surface area contributed by atoms with Crippen molar-refractivity contribution in [2.45, 2.75) is 36.1 Å². The molecule has 2 aromatic rings. The van der Waals surface area contributed by atoms with Crippen LogP contribution in [0, 0.1) is 0 Å². The Labute approximate surface area is 136 Å². The molecular formula is C16H20N4O2S. The molecule has 0 spiro atoms. The Morgan fingerprint density at radius 2 is 1.70 bits per heavy atom. The maximum atomic E-state index is 12.6. The molecule has 0 radical (unpaired) electrons. The fourth-order valence-electron chi connectivity index (χ4n) is 2.93. The molecule has 1 heterocycles. The van der Waals surface area contributed by atoms with Gasteiger partial charge in [-0.25, -0.2) is 23.1 Å². The normalized spacial score (nSPS) is 17.3. The molecule has 1 aliphatic carbocycles. The summed E-state index contributed by atoms with van der Waals surface area (Å²) in [5, 5.41) is 0. The maximum Gasteiger partial charge on any atom is 0.244 e. The average Bonchev–Trinajstić information content (AvgIpc) is 3.04. The fourth-order valence-corrected chi connectivity index (χ4v) is 4.29. The van der Waals surface area contributed by atoms with Gasteiger partial charge in [0, 0.05) is 17.6 Å². The van der Waals surface area contributed by atoms with E-state index in [9.17, 15) is 8.42 Å². The first-order valence-corrected chi connectivity index (χ1v) is 9.15. The minimum absolute atomic E-state index is 0.0666. The molecule has 1 aromatic carbocycles. The molecule has 0 bridgehead atoms. The lowest BCUT2D eigenvalue weighted by Gasteiger charge is -2.28. The van der Waals surface area contributed by atoms with E-state index in [1.54, 1.807) is 0 Å². The van der Waals surface area contributed by atoms with Crippen LogP contribution < -0.4 is 10.5 Å². The molecule has 0 amide bonds. The Morgan fingerprint density at radius 3 is 2.26 bits per heavy atom. The quantitative estimate of drug-likeness (QED) is 0.868. The maximum absolute atomic E-state index is 12.6. The van der Waals surface area contributed by atoms with E-state index in [1.807, 2.05) is 30.3 Å². The highest BCUT2D eigenvalue weighted by Crippen LogP contribution is 2.30. The third-order valence-electron chi connectivity index (χ3n) is 4.27. The van der Waals surface area contributed by atoms with Gasteiger partial charge in [0.05, 0.1) is 12.4 Å². The third kappa shape index (κ3) is 3.41. The fraction of sp³-hybridized carbons (Fsp3) is 0.375. The van der Waals surface area contributed by atoms with Crippen LogP contribution in [0.15, 0.2) is 47.6 Å². The molecule has 6 nitrogen and oxygen atoms in total. The van der Waals surface area contributed by atoms with E-state index in [-0.39, 0.29) is 4.90 Å². The van der Waals surface area contributed by atoms with Crippen molar-refractivity contribution in [2.75, 3.05) is 6.54 Å². The van der Waals surface area contributed by atoms with Gasteiger partial charge in [0.25, 0.3) is 0 Å². The SMILES string of the molecule is NCC1(NS(=O)(=O)c2cnc(-c3ccccc3)nc2)CCCC1. The molecular weight excluding hydrogens is 312 g/mol. The van der Waals surface area contributed by atoms with Crippen molar-refractivity contribution in [2.24, 2.45) is 5.73 Å². The van der Waals surface area contributed by atoms with Crippen molar-refractivity contribution in [1.29, 1.82) is 0 Å². The van der Waals surface area contributed by atoms with Gasteiger partial charge in [0.1, 0.15) is 4.90 Å². The summed E-state index contributed by atoms with van der Waals surface area (Å²) in [4.78, 5) is 8.42. The summed E-state index contributed by atoms with van der Waals surface area (Å²) in [5.41, 5.74) is 6.11. The van der Waals surface area contributed by atoms with Crippen molar-refractivity contribution < 1.29 is 8.42 Å². The molecule has 0 atom stereocenters. The predicted molar refractivity (Wildman–Crippen MR) is 88.0 cm³/mol. The van der Waals surface area contributed by atoms with Crippen LogP contribution in [0.1, 0.15) is 25.7 Å². The first-order valence-electron chi connectivity index (χ1n) is 7.66. The number of nitrogens with two attached hydrogens (primary N) is 1. The second kappa shape index (κ2) is 6.35. The molecule has 0 aliphatic heterocycles. The van der Waals surface area contributed by atoms with Gasteiger partial charge in [-0.05, 0) is 12.8 Å². The number of aromatic nitrogens is 2. The lowest BCUT2D eigenvalue weighted by Crippen LogP contribution is -2.51. The predicted octanol–water partition coefficient (Wildman–Crippen LogP) is 1.69. The van der Waals surface area contributed by atoms with E-state index in [2.05, 4.69) is 14.7 Å². The Kier molecular flexibility index (Phi) is 4.43. The highest BCUT2D eigenvalue weighted by atomic mass is 32.2. The van der Waals surface area contributed by atoms with Crippen molar-refractivity contribution in [1.82, 2.24) is 14.7 Å². The van der Waals surface area contributed by atoms with Gasteiger partial charge in [0.15, 0.2) is 5.82 Å². The Morgan fingerprint density at radius 1 is 1.09 bits per heavy atom. The molecule has 1 saturated carbocycles. The van der Waals surface area contributed by atoms with Gasteiger partial charge < -0.3 is 5.73 Å². The zero-order valence-electron chi connectivity index (χ0n) is 12.8. The van der Waals surface area contributed by atoms with Crippen LogP contribution in [-0.2, 0) is 10.0 Å². The number of nitrogens with zero attached hydrogens (tertiary/aromatic N) is 2. The summed E-state index contributed by atoms with van der Waals surface area (Å²) in [6, 6.07) is 9.43. The zero-order chi connectivity index (χ0) is 16.3. The van der Waals surface area contributed by atoms with Gasteiger partial charge in [0.2, 0.25) is 10.0 Å². The van der Waals surface area contributed by atoms with Crippen molar-refractivity contribution in [3.05, 3.63) is 42.7 Å². The smallest absolute Gasteiger partial charge is 0.244 e. The molecule has 23 heavy (non-hydrogen) atoms. The number of benzene rings is 1. The van der Waals surface area contributed by atoms with Crippen LogP contribution in [0.25, 0.3) is 11.4 Å². The van der Waals surface area contributed by atoms with E-state index < -0.39 is 15.6 Å². The van der Waals surface area contributed by atoms with E-state index >= 15 is 0 Å². The Balaban J connectivity index is 1.83. The van der Waals surface area contributed by atoms with Crippen molar-refractivity contribution in [3.8, 4) is 11.4 Å². The standard InChI is InChI=1S/C16H20N4O2S/c17-12-16(8-4-5-9-16)20-23(21,22)14-10-18-15(19-11-14)13-6-2-1-3-7-13/h1-3,6-7,10-11,20H,4-5,8-9,12,17H2. The van der Waals surface area contributed by atoms with Crippen molar-refractivity contribution in [3.63, 3.8) is 0 Å². The summed E-state index contributed by atoms with van der Waals surface area (Å²) in [5.74, 6) is 0.499. The van der Waals surface area contributed by atoms with Gasteiger partial charge >= 0.3 is 0 Å². The molecule has 1 aromatic heterocycles. The first-order chi connectivity index (χ1) is 11.0. The summed E-state index contributed by atoms with van der Waals surface area (Å²) < 4.78 is 27.9. The molecule has 3 N–H and O–H groups in total. The van der Waals surface area contributed by atoms with E-state index in [0.717, 1.165) is 31.2 Å². The third-order valence-corrected chi connectivity index (χ3v) is 5.81. The monoisotopic (exact) mass is 332 g/mol. The van der Waals surface area contributed by atoms with Gasteiger partial charge in [-0.1, -0.05) is 43.2 Å². The topological polar surface area (TPSA) is 98.0 Å². The molecule has 1 fully saturated rings. The van der Waals surface area contributed by atoms with Crippen LogP contribution in [-0.4, -0.2) is 30.5 Å².